The molecular weight excluding hydrogens is 278 g/mol. The number of benzene rings is 2. The standard InChI is InChI=1S/C15H12F2N2O2/c1-21-9-4-2-8(3-5-9)14(20)15-18-12-6-10(16)11(17)7-13(12)19-15/h2-7,14,20H,1H3,(H,18,19). The van der Waals surface area contributed by atoms with Crippen LogP contribution in [0.15, 0.2) is 36.4 Å². The van der Waals surface area contributed by atoms with Gasteiger partial charge in [0.1, 0.15) is 17.7 Å². The van der Waals surface area contributed by atoms with Gasteiger partial charge >= 0.3 is 0 Å². The minimum Gasteiger partial charge on any atom is -0.497 e. The number of aliphatic hydroxyl groups is 1. The second kappa shape index (κ2) is 5.14. The van der Waals surface area contributed by atoms with Crippen molar-refractivity contribution in [3.05, 3.63) is 59.4 Å². The number of aliphatic hydroxyl groups excluding tert-OH is 1. The fourth-order valence-corrected chi connectivity index (χ4v) is 2.10. The van der Waals surface area contributed by atoms with Crippen molar-refractivity contribution in [3.8, 4) is 5.75 Å². The number of ether oxygens (including phenoxy) is 1. The van der Waals surface area contributed by atoms with Crippen molar-refractivity contribution in [2.75, 3.05) is 7.11 Å². The molecule has 1 unspecified atom stereocenters. The number of imidazole rings is 1. The van der Waals surface area contributed by atoms with Crippen molar-refractivity contribution in [3.63, 3.8) is 0 Å². The third-order valence-electron chi connectivity index (χ3n) is 3.23. The number of halogens is 2. The highest BCUT2D eigenvalue weighted by Crippen LogP contribution is 2.25. The van der Waals surface area contributed by atoms with Gasteiger partial charge in [-0.3, -0.25) is 0 Å². The molecule has 4 nitrogen and oxygen atoms in total. The normalized spacial score (nSPS) is 12.6. The summed E-state index contributed by atoms with van der Waals surface area (Å²) in [5, 5.41) is 10.3. The molecule has 1 heterocycles. The summed E-state index contributed by atoms with van der Waals surface area (Å²) in [5.41, 5.74) is 1.18. The van der Waals surface area contributed by atoms with Crippen LogP contribution in [0, 0.1) is 11.6 Å². The first kappa shape index (κ1) is 13.5. The second-order valence-corrected chi connectivity index (χ2v) is 4.58. The molecular formula is C15H12F2N2O2. The third kappa shape index (κ3) is 2.45. The number of rotatable bonds is 3. The number of nitrogens with zero attached hydrogens (tertiary/aromatic N) is 1. The van der Waals surface area contributed by atoms with Crippen LogP contribution >= 0.6 is 0 Å². The van der Waals surface area contributed by atoms with Crippen LogP contribution in [0.3, 0.4) is 0 Å². The Bertz CT molecular complexity index is 745. The number of fused-ring (bicyclic) bond motifs is 1. The zero-order valence-electron chi connectivity index (χ0n) is 11.1. The summed E-state index contributed by atoms with van der Waals surface area (Å²) in [5.74, 6) is -1.05. The average Bonchev–Trinajstić information content (AvgIpc) is 2.90. The first-order valence-electron chi connectivity index (χ1n) is 6.25. The molecule has 0 fully saturated rings. The van der Waals surface area contributed by atoms with Gasteiger partial charge in [0, 0.05) is 12.1 Å². The number of aromatic nitrogens is 2. The van der Waals surface area contributed by atoms with Gasteiger partial charge in [0.15, 0.2) is 11.6 Å². The molecule has 0 saturated heterocycles. The molecule has 0 aliphatic rings. The van der Waals surface area contributed by atoms with E-state index < -0.39 is 17.7 Å². The Morgan fingerprint density at radius 2 is 1.81 bits per heavy atom. The molecule has 3 rings (SSSR count). The van der Waals surface area contributed by atoms with Gasteiger partial charge in [-0.1, -0.05) is 12.1 Å². The van der Waals surface area contributed by atoms with E-state index in [9.17, 15) is 13.9 Å². The van der Waals surface area contributed by atoms with E-state index in [1.54, 1.807) is 31.4 Å². The highest BCUT2D eigenvalue weighted by molar-refractivity contribution is 5.75. The summed E-state index contributed by atoms with van der Waals surface area (Å²) in [6, 6.07) is 8.81. The third-order valence-corrected chi connectivity index (χ3v) is 3.23. The molecule has 0 radical (unpaired) electrons. The SMILES string of the molecule is COc1ccc(C(O)c2nc3cc(F)c(F)cc3[nH]2)cc1. The lowest BCUT2D eigenvalue weighted by Crippen LogP contribution is -2.01. The molecule has 0 spiro atoms. The molecule has 0 aliphatic carbocycles. The Morgan fingerprint density at radius 1 is 1.14 bits per heavy atom. The summed E-state index contributed by atoms with van der Waals surface area (Å²) in [6.07, 6.45) is -1.02. The number of nitrogens with one attached hydrogen (secondary N) is 1. The predicted molar refractivity (Wildman–Crippen MR) is 73.1 cm³/mol. The molecule has 6 heteroatoms. The Labute approximate surface area is 119 Å². The lowest BCUT2D eigenvalue weighted by Gasteiger charge is -2.08. The van der Waals surface area contributed by atoms with Gasteiger partial charge in [0.2, 0.25) is 0 Å². The van der Waals surface area contributed by atoms with Crippen LogP contribution in [0.1, 0.15) is 17.5 Å². The molecule has 0 bridgehead atoms. The maximum atomic E-state index is 13.2. The molecule has 108 valence electrons. The monoisotopic (exact) mass is 290 g/mol. The fourth-order valence-electron chi connectivity index (χ4n) is 2.10. The van der Waals surface area contributed by atoms with E-state index in [4.69, 9.17) is 4.74 Å². The van der Waals surface area contributed by atoms with Gasteiger partial charge in [-0.25, -0.2) is 13.8 Å². The summed E-state index contributed by atoms with van der Waals surface area (Å²) < 4.78 is 31.4. The van der Waals surface area contributed by atoms with Crippen molar-refractivity contribution >= 4 is 11.0 Å². The summed E-state index contributed by atoms with van der Waals surface area (Å²) in [4.78, 5) is 6.88. The zero-order chi connectivity index (χ0) is 15.0. The first-order valence-corrected chi connectivity index (χ1v) is 6.25. The van der Waals surface area contributed by atoms with E-state index in [2.05, 4.69) is 9.97 Å². The highest BCUT2D eigenvalue weighted by Gasteiger charge is 2.16. The second-order valence-electron chi connectivity index (χ2n) is 4.58. The van der Waals surface area contributed by atoms with Crippen LogP contribution in [-0.2, 0) is 0 Å². The molecule has 3 aromatic rings. The number of hydrogen-bond donors (Lipinski definition) is 2. The smallest absolute Gasteiger partial charge is 0.161 e. The average molecular weight is 290 g/mol. The molecule has 21 heavy (non-hydrogen) atoms. The molecule has 0 aliphatic heterocycles. The van der Waals surface area contributed by atoms with Gasteiger partial charge in [0.05, 0.1) is 18.1 Å². The summed E-state index contributed by atoms with van der Waals surface area (Å²) in [6.45, 7) is 0. The number of H-pyrrole nitrogens is 1. The van der Waals surface area contributed by atoms with Crippen LogP contribution in [0.5, 0.6) is 5.75 Å². The molecule has 1 aromatic heterocycles. The first-order chi connectivity index (χ1) is 10.1. The maximum absolute atomic E-state index is 13.2. The van der Waals surface area contributed by atoms with E-state index in [0.29, 0.717) is 16.8 Å². The predicted octanol–water partition coefficient (Wildman–Crippen LogP) is 2.93. The Balaban J connectivity index is 1.98. The van der Waals surface area contributed by atoms with Gasteiger partial charge in [-0.15, -0.1) is 0 Å². The van der Waals surface area contributed by atoms with Crippen LogP contribution in [0.25, 0.3) is 11.0 Å². The number of aromatic amines is 1. The minimum absolute atomic E-state index is 0.222. The van der Waals surface area contributed by atoms with Crippen molar-refractivity contribution < 1.29 is 18.6 Å². The summed E-state index contributed by atoms with van der Waals surface area (Å²) >= 11 is 0. The molecule has 2 N–H and O–H groups in total. The fraction of sp³-hybridized carbons (Fsp3) is 0.133. The van der Waals surface area contributed by atoms with E-state index in [0.717, 1.165) is 12.1 Å². The van der Waals surface area contributed by atoms with Gasteiger partial charge in [-0.2, -0.15) is 0 Å². The lowest BCUT2D eigenvalue weighted by atomic mass is 10.1. The van der Waals surface area contributed by atoms with Crippen molar-refractivity contribution in [2.24, 2.45) is 0 Å². The summed E-state index contributed by atoms with van der Waals surface area (Å²) in [7, 11) is 1.55. The lowest BCUT2D eigenvalue weighted by molar-refractivity contribution is 0.211. The maximum Gasteiger partial charge on any atom is 0.161 e. The number of hydrogen-bond acceptors (Lipinski definition) is 3. The highest BCUT2D eigenvalue weighted by atomic mass is 19.2. The molecule has 2 aromatic carbocycles. The van der Waals surface area contributed by atoms with E-state index in [-0.39, 0.29) is 11.3 Å². The molecule has 1 atom stereocenters. The Kier molecular flexibility index (Phi) is 3.31. The van der Waals surface area contributed by atoms with E-state index in [1.807, 2.05) is 0 Å². The van der Waals surface area contributed by atoms with E-state index >= 15 is 0 Å². The van der Waals surface area contributed by atoms with Crippen molar-refractivity contribution in [2.45, 2.75) is 6.10 Å². The van der Waals surface area contributed by atoms with Crippen LogP contribution in [0.4, 0.5) is 8.78 Å². The van der Waals surface area contributed by atoms with Gasteiger partial charge in [-0.05, 0) is 17.7 Å². The van der Waals surface area contributed by atoms with Crippen molar-refractivity contribution in [1.82, 2.24) is 9.97 Å². The van der Waals surface area contributed by atoms with E-state index in [1.165, 1.54) is 0 Å². The Hall–Kier alpha value is -2.47. The molecule has 0 saturated carbocycles. The minimum atomic E-state index is -1.02. The van der Waals surface area contributed by atoms with Crippen molar-refractivity contribution in [1.29, 1.82) is 0 Å². The van der Waals surface area contributed by atoms with Crippen LogP contribution in [-0.4, -0.2) is 22.2 Å². The zero-order valence-corrected chi connectivity index (χ0v) is 11.1. The van der Waals surface area contributed by atoms with Crippen LogP contribution in [0.2, 0.25) is 0 Å². The van der Waals surface area contributed by atoms with Gasteiger partial charge in [0.25, 0.3) is 0 Å². The largest absolute Gasteiger partial charge is 0.497 e. The Morgan fingerprint density at radius 3 is 2.48 bits per heavy atom. The quantitative estimate of drug-likeness (QED) is 0.779. The topological polar surface area (TPSA) is 58.1 Å². The van der Waals surface area contributed by atoms with Crippen LogP contribution < -0.4 is 4.74 Å². The molecule has 0 amide bonds. The van der Waals surface area contributed by atoms with Gasteiger partial charge < -0.3 is 14.8 Å². The number of methoxy groups -OCH3 is 1.